The van der Waals surface area contributed by atoms with Gasteiger partial charge in [-0.25, -0.2) is 4.98 Å². The number of nitrogens with one attached hydrogen (secondary N) is 1. The van der Waals surface area contributed by atoms with Gasteiger partial charge in [0.2, 0.25) is 0 Å². The lowest BCUT2D eigenvalue weighted by molar-refractivity contribution is 0.111. The molecule has 0 aromatic carbocycles. The Hall–Kier alpha value is -1.42. The summed E-state index contributed by atoms with van der Waals surface area (Å²) >= 11 is 0. The molecule has 0 aliphatic carbocycles. The Bertz CT molecular complexity index is 318. The number of pyridine rings is 1. The zero-order chi connectivity index (χ0) is 10.5. The molecule has 0 bridgehead atoms. The predicted octanol–water partition coefficient (Wildman–Crippen LogP) is 1.02. The number of hydrogen-bond donors (Lipinski definition) is 1. The lowest BCUT2D eigenvalue weighted by atomic mass is 10.1. The molecule has 1 aliphatic heterocycles. The summed E-state index contributed by atoms with van der Waals surface area (Å²) in [5.74, 6) is 0.743. The molecule has 4 nitrogen and oxygen atoms in total. The van der Waals surface area contributed by atoms with Crippen molar-refractivity contribution in [3.63, 3.8) is 0 Å². The molecule has 15 heavy (non-hydrogen) atoms. The SMILES string of the molecule is O=Cc1ccc(OC2CCNCC2)cn1. The lowest BCUT2D eigenvalue weighted by Gasteiger charge is -2.23. The second-order valence-electron chi connectivity index (χ2n) is 3.60. The summed E-state index contributed by atoms with van der Waals surface area (Å²) in [6.45, 7) is 2.01. The van der Waals surface area contributed by atoms with E-state index < -0.39 is 0 Å². The molecule has 1 aromatic heterocycles. The van der Waals surface area contributed by atoms with Crippen molar-refractivity contribution in [1.82, 2.24) is 10.3 Å². The van der Waals surface area contributed by atoms with Crippen molar-refractivity contribution in [1.29, 1.82) is 0 Å². The van der Waals surface area contributed by atoms with Crippen LogP contribution in [0.5, 0.6) is 5.75 Å². The third-order valence-electron chi connectivity index (χ3n) is 2.47. The van der Waals surface area contributed by atoms with Crippen LogP contribution in [-0.4, -0.2) is 30.5 Å². The maximum atomic E-state index is 10.4. The molecule has 0 radical (unpaired) electrons. The second-order valence-corrected chi connectivity index (χ2v) is 3.60. The highest BCUT2D eigenvalue weighted by Gasteiger charge is 2.14. The van der Waals surface area contributed by atoms with E-state index in [0.29, 0.717) is 5.69 Å². The van der Waals surface area contributed by atoms with Gasteiger partial charge in [-0.15, -0.1) is 0 Å². The topological polar surface area (TPSA) is 51.2 Å². The molecular weight excluding hydrogens is 192 g/mol. The average molecular weight is 206 g/mol. The van der Waals surface area contributed by atoms with Gasteiger partial charge in [-0.3, -0.25) is 4.79 Å². The van der Waals surface area contributed by atoms with E-state index in [2.05, 4.69) is 10.3 Å². The Balaban J connectivity index is 1.94. The quantitative estimate of drug-likeness (QED) is 0.750. The Morgan fingerprint density at radius 1 is 1.40 bits per heavy atom. The summed E-state index contributed by atoms with van der Waals surface area (Å²) in [5.41, 5.74) is 0.438. The fourth-order valence-corrected chi connectivity index (χ4v) is 1.64. The van der Waals surface area contributed by atoms with Gasteiger partial charge in [0.1, 0.15) is 17.5 Å². The van der Waals surface area contributed by atoms with Crippen LogP contribution >= 0.6 is 0 Å². The normalized spacial score (nSPS) is 17.3. The molecule has 0 spiro atoms. The molecule has 4 heteroatoms. The van der Waals surface area contributed by atoms with Gasteiger partial charge < -0.3 is 10.1 Å². The molecule has 0 amide bonds. The molecule has 0 saturated carbocycles. The summed E-state index contributed by atoms with van der Waals surface area (Å²) in [6, 6.07) is 3.46. The highest BCUT2D eigenvalue weighted by molar-refractivity contribution is 5.71. The largest absolute Gasteiger partial charge is 0.489 e. The van der Waals surface area contributed by atoms with Gasteiger partial charge in [-0.2, -0.15) is 0 Å². The standard InChI is InChI=1S/C11H14N2O2/c14-8-9-1-2-11(7-13-9)15-10-3-5-12-6-4-10/h1-2,7-8,10,12H,3-6H2. The van der Waals surface area contributed by atoms with Crippen molar-refractivity contribution in [2.45, 2.75) is 18.9 Å². The van der Waals surface area contributed by atoms with Gasteiger partial charge in [0.25, 0.3) is 0 Å². The van der Waals surface area contributed by atoms with Gasteiger partial charge in [0, 0.05) is 0 Å². The highest BCUT2D eigenvalue weighted by atomic mass is 16.5. The summed E-state index contributed by atoms with van der Waals surface area (Å²) in [4.78, 5) is 14.4. The number of hydrogen-bond acceptors (Lipinski definition) is 4. The van der Waals surface area contributed by atoms with Gasteiger partial charge in [0.15, 0.2) is 6.29 Å². The summed E-state index contributed by atoms with van der Waals surface area (Å²) < 4.78 is 5.74. The van der Waals surface area contributed by atoms with Crippen LogP contribution in [0, 0.1) is 0 Å². The first-order chi connectivity index (χ1) is 7.38. The maximum absolute atomic E-state index is 10.4. The Morgan fingerprint density at radius 3 is 2.80 bits per heavy atom. The molecule has 80 valence electrons. The van der Waals surface area contributed by atoms with Gasteiger partial charge in [0.05, 0.1) is 6.20 Å². The molecule has 1 aliphatic rings. The first-order valence-electron chi connectivity index (χ1n) is 5.17. The molecular formula is C11H14N2O2. The maximum Gasteiger partial charge on any atom is 0.168 e. The first-order valence-corrected chi connectivity index (χ1v) is 5.17. The summed E-state index contributed by atoms with van der Waals surface area (Å²) in [7, 11) is 0. The Morgan fingerprint density at radius 2 is 2.20 bits per heavy atom. The van der Waals surface area contributed by atoms with E-state index in [0.717, 1.165) is 38.0 Å². The average Bonchev–Trinajstić information content (AvgIpc) is 2.31. The van der Waals surface area contributed by atoms with Crippen LogP contribution in [0.25, 0.3) is 0 Å². The monoisotopic (exact) mass is 206 g/mol. The van der Waals surface area contributed by atoms with E-state index in [1.165, 1.54) is 0 Å². The van der Waals surface area contributed by atoms with Crippen LogP contribution in [0.2, 0.25) is 0 Å². The number of ether oxygens (including phenoxy) is 1. The van der Waals surface area contributed by atoms with E-state index in [1.807, 2.05) is 0 Å². The summed E-state index contributed by atoms with van der Waals surface area (Å²) in [5, 5.41) is 3.28. The van der Waals surface area contributed by atoms with Crippen molar-refractivity contribution in [3.05, 3.63) is 24.0 Å². The molecule has 0 unspecified atom stereocenters. The minimum Gasteiger partial charge on any atom is -0.489 e. The molecule has 1 N–H and O–H groups in total. The van der Waals surface area contributed by atoms with Crippen LogP contribution in [0.4, 0.5) is 0 Å². The van der Waals surface area contributed by atoms with Gasteiger partial charge >= 0.3 is 0 Å². The first kappa shape index (κ1) is 10.1. The zero-order valence-electron chi connectivity index (χ0n) is 8.48. The van der Waals surface area contributed by atoms with Crippen molar-refractivity contribution in [2.24, 2.45) is 0 Å². The van der Waals surface area contributed by atoms with Crippen LogP contribution in [0.15, 0.2) is 18.3 Å². The third-order valence-corrected chi connectivity index (χ3v) is 2.47. The predicted molar refractivity (Wildman–Crippen MR) is 56.1 cm³/mol. The van der Waals surface area contributed by atoms with E-state index in [4.69, 9.17) is 4.74 Å². The number of aromatic nitrogens is 1. The number of aldehydes is 1. The van der Waals surface area contributed by atoms with Crippen LogP contribution in [0.1, 0.15) is 23.3 Å². The molecule has 2 heterocycles. The Labute approximate surface area is 88.7 Å². The van der Waals surface area contributed by atoms with E-state index in [-0.39, 0.29) is 6.10 Å². The molecule has 1 aromatic rings. The number of carbonyl (C=O) groups is 1. The summed E-state index contributed by atoms with van der Waals surface area (Å²) in [6.07, 6.45) is 4.65. The third kappa shape index (κ3) is 2.76. The minimum atomic E-state index is 0.273. The smallest absolute Gasteiger partial charge is 0.168 e. The van der Waals surface area contributed by atoms with Crippen molar-refractivity contribution >= 4 is 6.29 Å². The molecule has 0 atom stereocenters. The van der Waals surface area contributed by atoms with Crippen LogP contribution in [-0.2, 0) is 0 Å². The number of nitrogens with zero attached hydrogens (tertiary/aromatic N) is 1. The Kier molecular flexibility index (Phi) is 3.29. The van der Waals surface area contributed by atoms with Crippen LogP contribution < -0.4 is 10.1 Å². The molecule has 2 rings (SSSR count). The second kappa shape index (κ2) is 4.89. The fraction of sp³-hybridized carbons (Fsp3) is 0.455. The highest BCUT2D eigenvalue weighted by Crippen LogP contribution is 2.15. The minimum absolute atomic E-state index is 0.273. The van der Waals surface area contributed by atoms with Gasteiger partial charge in [-0.1, -0.05) is 0 Å². The van der Waals surface area contributed by atoms with E-state index >= 15 is 0 Å². The number of piperidine rings is 1. The fourth-order valence-electron chi connectivity index (χ4n) is 1.64. The zero-order valence-corrected chi connectivity index (χ0v) is 8.48. The van der Waals surface area contributed by atoms with Crippen LogP contribution in [0.3, 0.4) is 0 Å². The number of carbonyl (C=O) groups excluding carboxylic acids is 1. The van der Waals surface area contributed by atoms with Gasteiger partial charge in [-0.05, 0) is 38.1 Å². The number of rotatable bonds is 3. The van der Waals surface area contributed by atoms with Crippen molar-refractivity contribution < 1.29 is 9.53 Å². The molecule has 1 fully saturated rings. The van der Waals surface area contributed by atoms with E-state index in [9.17, 15) is 4.79 Å². The van der Waals surface area contributed by atoms with Crippen molar-refractivity contribution in [2.75, 3.05) is 13.1 Å². The lowest BCUT2D eigenvalue weighted by Crippen LogP contribution is -2.34. The van der Waals surface area contributed by atoms with E-state index in [1.54, 1.807) is 18.3 Å². The molecule has 1 saturated heterocycles. The van der Waals surface area contributed by atoms with Crippen molar-refractivity contribution in [3.8, 4) is 5.75 Å².